The average molecular weight is 424 g/mol. The fourth-order valence-corrected chi connectivity index (χ4v) is 3.77. The molecule has 1 aliphatic rings. The van der Waals surface area contributed by atoms with Gasteiger partial charge in [0.05, 0.1) is 18.0 Å². The van der Waals surface area contributed by atoms with Gasteiger partial charge in [-0.05, 0) is 30.7 Å². The molecule has 10 nitrogen and oxygen atoms in total. The van der Waals surface area contributed by atoms with Crippen LogP contribution in [0.25, 0.3) is 0 Å². The van der Waals surface area contributed by atoms with Crippen LogP contribution >= 0.6 is 0 Å². The standard InChI is InChI=1S/C17H22N4O4S.CH2O2/c22-17(18-12-14-5-10-25-13-14)15-3-1-4-16(11-15)26(23,24)20-7-9-21-8-2-6-19-21;2-1-3/h1-4,6,8,11,14,20H,5,7,9-10,12-13H2,(H,18,22);1H,(H,2,3). The van der Waals surface area contributed by atoms with Crippen LogP contribution in [0.15, 0.2) is 47.6 Å². The van der Waals surface area contributed by atoms with Gasteiger partial charge in [-0.25, -0.2) is 13.1 Å². The van der Waals surface area contributed by atoms with Gasteiger partial charge in [0, 0.05) is 43.6 Å². The summed E-state index contributed by atoms with van der Waals surface area (Å²) in [5.74, 6) is 0.0281. The largest absolute Gasteiger partial charge is 0.483 e. The first-order chi connectivity index (χ1) is 14.0. The molecule has 2 heterocycles. The van der Waals surface area contributed by atoms with Crippen LogP contribution in [-0.2, 0) is 26.1 Å². The number of carbonyl (C=O) groups excluding carboxylic acids is 1. The smallest absolute Gasteiger partial charge is 0.290 e. The van der Waals surface area contributed by atoms with E-state index in [0.717, 1.165) is 13.0 Å². The summed E-state index contributed by atoms with van der Waals surface area (Å²) in [7, 11) is -3.69. The average Bonchev–Trinajstić information content (AvgIpc) is 3.41. The molecule has 0 radical (unpaired) electrons. The topological polar surface area (TPSA) is 140 Å². The molecule has 1 aromatic heterocycles. The van der Waals surface area contributed by atoms with E-state index in [1.54, 1.807) is 35.3 Å². The summed E-state index contributed by atoms with van der Waals surface area (Å²) in [5, 5.41) is 13.7. The Morgan fingerprint density at radius 2 is 2.17 bits per heavy atom. The van der Waals surface area contributed by atoms with Gasteiger partial charge in [0.15, 0.2) is 0 Å². The highest BCUT2D eigenvalue weighted by Gasteiger charge is 2.18. The number of amides is 1. The maximum Gasteiger partial charge on any atom is 0.290 e. The first kappa shape index (κ1) is 22.5. The van der Waals surface area contributed by atoms with Crippen molar-refractivity contribution in [3.63, 3.8) is 0 Å². The van der Waals surface area contributed by atoms with E-state index in [-0.39, 0.29) is 23.8 Å². The van der Waals surface area contributed by atoms with Crippen LogP contribution in [0.1, 0.15) is 16.8 Å². The molecule has 1 saturated heterocycles. The molecule has 1 amide bonds. The normalized spacial score (nSPS) is 15.9. The van der Waals surface area contributed by atoms with E-state index in [0.29, 0.717) is 31.2 Å². The number of sulfonamides is 1. The molecule has 1 fully saturated rings. The zero-order valence-corrected chi connectivity index (χ0v) is 16.5. The third kappa shape index (κ3) is 7.29. The van der Waals surface area contributed by atoms with E-state index in [2.05, 4.69) is 15.1 Å². The molecule has 2 aromatic rings. The molecule has 158 valence electrons. The molecule has 1 aliphatic heterocycles. The highest BCUT2D eigenvalue weighted by molar-refractivity contribution is 7.89. The number of nitrogens with one attached hydrogen (secondary N) is 2. The van der Waals surface area contributed by atoms with Gasteiger partial charge in [-0.1, -0.05) is 6.07 Å². The summed E-state index contributed by atoms with van der Waals surface area (Å²) >= 11 is 0. The van der Waals surface area contributed by atoms with E-state index >= 15 is 0 Å². The van der Waals surface area contributed by atoms with Crippen molar-refractivity contribution < 1.29 is 27.9 Å². The van der Waals surface area contributed by atoms with Crippen molar-refractivity contribution in [3.05, 3.63) is 48.3 Å². The second-order valence-corrected chi connectivity index (χ2v) is 8.01. The van der Waals surface area contributed by atoms with Gasteiger partial charge < -0.3 is 15.2 Å². The molecule has 0 bridgehead atoms. The van der Waals surface area contributed by atoms with E-state index in [1.807, 2.05) is 0 Å². The number of carboxylic acid groups (broad SMARTS) is 1. The number of ether oxygens (including phenoxy) is 1. The molecule has 0 aliphatic carbocycles. The lowest BCUT2D eigenvalue weighted by molar-refractivity contribution is -0.122. The Hall–Kier alpha value is -2.76. The minimum Gasteiger partial charge on any atom is -0.483 e. The van der Waals surface area contributed by atoms with Crippen molar-refractivity contribution in [1.82, 2.24) is 19.8 Å². The van der Waals surface area contributed by atoms with Gasteiger partial charge in [0.1, 0.15) is 0 Å². The summed E-state index contributed by atoms with van der Waals surface area (Å²) < 4.78 is 34.3. The molecular formula is C18H24N4O6S. The fourth-order valence-electron chi connectivity index (χ4n) is 2.70. The monoisotopic (exact) mass is 424 g/mol. The number of carbonyl (C=O) groups is 2. The Balaban J connectivity index is 0.000000941. The van der Waals surface area contributed by atoms with Crippen LogP contribution in [0, 0.1) is 5.92 Å². The summed E-state index contributed by atoms with van der Waals surface area (Å²) in [6.07, 6.45) is 4.32. The molecular weight excluding hydrogens is 400 g/mol. The van der Waals surface area contributed by atoms with Crippen LogP contribution in [0.2, 0.25) is 0 Å². The van der Waals surface area contributed by atoms with Gasteiger partial charge in [-0.2, -0.15) is 5.10 Å². The fraction of sp³-hybridized carbons (Fsp3) is 0.389. The zero-order chi connectivity index (χ0) is 21.1. The van der Waals surface area contributed by atoms with Gasteiger partial charge in [0.25, 0.3) is 12.4 Å². The van der Waals surface area contributed by atoms with E-state index < -0.39 is 10.0 Å². The van der Waals surface area contributed by atoms with Crippen LogP contribution in [0.4, 0.5) is 0 Å². The second-order valence-electron chi connectivity index (χ2n) is 6.24. The lowest BCUT2D eigenvalue weighted by Gasteiger charge is -2.11. The highest BCUT2D eigenvalue weighted by atomic mass is 32.2. The van der Waals surface area contributed by atoms with Crippen molar-refractivity contribution in [2.45, 2.75) is 17.9 Å². The van der Waals surface area contributed by atoms with Crippen molar-refractivity contribution in [2.75, 3.05) is 26.3 Å². The Bertz CT molecular complexity index is 880. The molecule has 0 spiro atoms. The summed E-state index contributed by atoms with van der Waals surface area (Å²) in [5.41, 5.74) is 0.318. The van der Waals surface area contributed by atoms with E-state index in [4.69, 9.17) is 14.6 Å². The molecule has 1 atom stereocenters. The number of aromatic nitrogens is 2. The van der Waals surface area contributed by atoms with Gasteiger partial charge in [-0.15, -0.1) is 0 Å². The van der Waals surface area contributed by atoms with E-state index in [1.165, 1.54) is 12.1 Å². The first-order valence-corrected chi connectivity index (χ1v) is 10.5. The van der Waals surface area contributed by atoms with Crippen LogP contribution in [0.3, 0.4) is 0 Å². The van der Waals surface area contributed by atoms with Crippen LogP contribution < -0.4 is 10.0 Å². The molecule has 3 rings (SSSR count). The number of nitrogens with zero attached hydrogens (tertiary/aromatic N) is 2. The Labute approximate surface area is 168 Å². The van der Waals surface area contributed by atoms with Gasteiger partial charge in [-0.3, -0.25) is 14.3 Å². The number of hydrogen-bond donors (Lipinski definition) is 3. The number of benzene rings is 1. The number of rotatable bonds is 8. The second kappa shape index (κ2) is 11.3. The van der Waals surface area contributed by atoms with Gasteiger partial charge >= 0.3 is 0 Å². The molecule has 0 saturated carbocycles. The Morgan fingerprint density at radius 3 is 2.83 bits per heavy atom. The lowest BCUT2D eigenvalue weighted by atomic mass is 10.1. The number of hydrogen-bond acceptors (Lipinski definition) is 6. The summed E-state index contributed by atoms with van der Waals surface area (Å²) in [4.78, 5) is 20.7. The quantitative estimate of drug-likeness (QED) is 0.519. The predicted molar refractivity (Wildman–Crippen MR) is 104 cm³/mol. The van der Waals surface area contributed by atoms with Crippen molar-refractivity contribution in [1.29, 1.82) is 0 Å². The SMILES string of the molecule is O=C(NCC1CCOC1)c1cccc(S(=O)(=O)NCCn2cccn2)c1.O=CO. The van der Waals surface area contributed by atoms with Gasteiger partial charge in [0.2, 0.25) is 10.0 Å². The summed E-state index contributed by atoms with van der Waals surface area (Å²) in [6.45, 7) is 2.28. The molecule has 11 heteroatoms. The Morgan fingerprint density at radius 1 is 1.38 bits per heavy atom. The third-order valence-electron chi connectivity index (χ3n) is 4.17. The minimum atomic E-state index is -3.69. The zero-order valence-electron chi connectivity index (χ0n) is 15.7. The minimum absolute atomic E-state index is 0.0646. The molecule has 29 heavy (non-hydrogen) atoms. The lowest BCUT2D eigenvalue weighted by Crippen LogP contribution is -2.30. The summed E-state index contributed by atoms with van der Waals surface area (Å²) in [6, 6.07) is 7.79. The first-order valence-electron chi connectivity index (χ1n) is 8.97. The Kier molecular flexibility index (Phi) is 8.77. The predicted octanol–water partition coefficient (Wildman–Crippen LogP) is 0.329. The molecule has 3 N–H and O–H groups in total. The maximum atomic E-state index is 12.4. The van der Waals surface area contributed by atoms with Crippen molar-refractivity contribution >= 4 is 22.4 Å². The highest BCUT2D eigenvalue weighted by Crippen LogP contribution is 2.13. The van der Waals surface area contributed by atoms with Crippen molar-refractivity contribution in [2.24, 2.45) is 5.92 Å². The van der Waals surface area contributed by atoms with Crippen LogP contribution in [-0.4, -0.2) is 62.0 Å². The van der Waals surface area contributed by atoms with E-state index in [9.17, 15) is 13.2 Å². The molecule has 1 aromatic carbocycles. The third-order valence-corrected chi connectivity index (χ3v) is 5.63. The van der Waals surface area contributed by atoms with Crippen molar-refractivity contribution in [3.8, 4) is 0 Å². The molecule has 1 unspecified atom stereocenters. The maximum absolute atomic E-state index is 12.4. The van der Waals surface area contributed by atoms with Crippen LogP contribution in [0.5, 0.6) is 0 Å².